The molecule has 0 aliphatic heterocycles. The molecule has 2 amide bonds. The largest absolute Gasteiger partial charge is 0.483 e. The highest BCUT2D eigenvalue weighted by Gasteiger charge is 2.18. The van der Waals surface area contributed by atoms with Crippen LogP contribution in [0.4, 0.5) is 0 Å². The van der Waals surface area contributed by atoms with Gasteiger partial charge in [0.2, 0.25) is 0 Å². The van der Waals surface area contributed by atoms with Crippen molar-refractivity contribution in [3.05, 3.63) is 69.1 Å². The van der Waals surface area contributed by atoms with Crippen LogP contribution in [0.25, 0.3) is 10.8 Å². The van der Waals surface area contributed by atoms with Crippen LogP contribution in [0.5, 0.6) is 11.5 Å². The van der Waals surface area contributed by atoms with Crippen LogP contribution >= 0.6 is 51.3 Å². The van der Waals surface area contributed by atoms with Gasteiger partial charge < -0.3 is 9.47 Å². The van der Waals surface area contributed by atoms with Crippen molar-refractivity contribution in [2.45, 2.75) is 13.0 Å². The van der Waals surface area contributed by atoms with E-state index >= 15 is 0 Å². The molecule has 1 unspecified atom stereocenters. The first-order valence-corrected chi connectivity index (χ1v) is 11.5. The van der Waals surface area contributed by atoms with Gasteiger partial charge in [0, 0.05) is 5.02 Å². The lowest BCUT2D eigenvalue weighted by Gasteiger charge is -2.17. The van der Waals surface area contributed by atoms with Gasteiger partial charge in [0.05, 0.1) is 9.50 Å². The normalized spacial score (nSPS) is 11.4. The number of ether oxygens (including phenoxy) is 2. The molecule has 33 heavy (non-hydrogen) atoms. The van der Waals surface area contributed by atoms with Crippen molar-refractivity contribution in [3.8, 4) is 11.5 Å². The van der Waals surface area contributed by atoms with Crippen LogP contribution < -0.4 is 25.6 Å². The SMILES string of the molecule is CC(Oc1ccc(Cl)cc1Cl)C(=O)NC(=S)NNC(=O)COc1ccc2ccccc2c1Br. The lowest BCUT2D eigenvalue weighted by Crippen LogP contribution is -2.51. The Hall–Kier alpha value is -2.59. The van der Waals surface area contributed by atoms with Crippen LogP contribution in [0.3, 0.4) is 0 Å². The van der Waals surface area contributed by atoms with E-state index in [-0.39, 0.29) is 16.7 Å². The molecule has 0 saturated carbocycles. The summed E-state index contributed by atoms with van der Waals surface area (Å²) in [5.74, 6) is -0.215. The van der Waals surface area contributed by atoms with Gasteiger partial charge in [-0.15, -0.1) is 0 Å². The fraction of sp³-hybridized carbons (Fsp3) is 0.136. The molecule has 7 nitrogen and oxygen atoms in total. The summed E-state index contributed by atoms with van der Waals surface area (Å²) < 4.78 is 11.8. The standard InChI is InChI=1S/C22H18BrCl2N3O4S/c1-12(32-17-9-7-14(24)10-16(17)25)21(30)26-22(33)28-27-19(29)11-31-18-8-6-13-4-2-3-5-15(13)20(18)23/h2-10,12H,11H2,1H3,(H,27,29)(H2,26,28,30,33). The number of carbonyl (C=O) groups is 2. The van der Waals surface area contributed by atoms with E-state index in [9.17, 15) is 9.59 Å². The van der Waals surface area contributed by atoms with E-state index in [1.807, 2.05) is 30.3 Å². The van der Waals surface area contributed by atoms with Crippen molar-refractivity contribution in [1.82, 2.24) is 16.2 Å². The minimum atomic E-state index is -0.910. The molecule has 0 saturated heterocycles. The Morgan fingerprint density at radius 2 is 1.79 bits per heavy atom. The molecule has 0 aliphatic rings. The van der Waals surface area contributed by atoms with E-state index in [0.29, 0.717) is 16.5 Å². The van der Waals surface area contributed by atoms with Gasteiger partial charge in [-0.2, -0.15) is 0 Å². The molecule has 1 atom stereocenters. The molecule has 11 heteroatoms. The molecular weight excluding hydrogens is 553 g/mol. The first kappa shape index (κ1) is 25.0. The monoisotopic (exact) mass is 569 g/mol. The number of nitrogens with one attached hydrogen (secondary N) is 3. The zero-order chi connectivity index (χ0) is 24.0. The van der Waals surface area contributed by atoms with Gasteiger partial charge in [-0.05, 0) is 70.1 Å². The molecule has 0 spiro atoms. The highest BCUT2D eigenvalue weighted by Crippen LogP contribution is 2.33. The molecule has 3 aromatic rings. The zero-order valence-electron chi connectivity index (χ0n) is 17.2. The number of halogens is 3. The van der Waals surface area contributed by atoms with Gasteiger partial charge in [-0.3, -0.25) is 25.8 Å². The lowest BCUT2D eigenvalue weighted by atomic mass is 10.1. The maximum absolute atomic E-state index is 12.3. The first-order valence-electron chi connectivity index (χ1n) is 9.56. The predicted octanol–water partition coefficient (Wildman–Crippen LogP) is 4.78. The van der Waals surface area contributed by atoms with Crippen molar-refractivity contribution < 1.29 is 19.1 Å². The van der Waals surface area contributed by atoms with Crippen LogP contribution in [0.2, 0.25) is 10.0 Å². The number of benzene rings is 3. The second-order valence-electron chi connectivity index (χ2n) is 6.71. The summed E-state index contributed by atoms with van der Waals surface area (Å²) in [6.07, 6.45) is -0.910. The molecule has 0 fully saturated rings. The summed E-state index contributed by atoms with van der Waals surface area (Å²) in [6.45, 7) is 1.26. The second-order valence-corrected chi connectivity index (χ2v) is 8.76. The fourth-order valence-corrected chi connectivity index (χ4v) is 3.90. The average molecular weight is 571 g/mol. The topological polar surface area (TPSA) is 88.7 Å². The number of hydrogen-bond donors (Lipinski definition) is 3. The molecule has 0 radical (unpaired) electrons. The number of fused-ring (bicyclic) bond motifs is 1. The third-order valence-corrected chi connectivity index (χ3v) is 5.86. The summed E-state index contributed by atoms with van der Waals surface area (Å²) in [5, 5.41) is 5.03. The third kappa shape index (κ3) is 6.94. The van der Waals surface area contributed by atoms with Crippen LogP contribution in [0.1, 0.15) is 6.92 Å². The quantitative estimate of drug-likeness (QED) is 0.292. The molecule has 0 aromatic heterocycles. The van der Waals surface area contributed by atoms with Crippen LogP contribution in [0.15, 0.2) is 59.1 Å². The van der Waals surface area contributed by atoms with Crippen molar-refractivity contribution >= 4 is 79.0 Å². The summed E-state index contributed by atoms with van der Waals surface area (Å²) in [5.41, 5.74) is 4.80. The molecule has 3 N–H and O–H groups in total. The van der Waals surface area contributed by atoms with Crippen LogP contribution in [0, 0.1) is 0 Å². The number of hydrogen-bond acceptors (Lipinski definition) is 5. The minimum absolute atomic E-state index is 0.113. The minimum Gasteiger partial charge on any atom is -0.483 e. The average Bonchev–Trinajstić information content (AvgIpc) is 2.79. The van der Waals surface area contributed by atoms with Crippen molar-refractivity contribution in [3.63, 3.8) is 0 Å². The van der Waals surface area contributed by atoms with Gasteiger partial charge in [0.25, 0.3) is 11.8 Å². The third-order valence-electron chi connectivity index (χ3n) is 4.31. The second kappa shape index (κ2) is 11.5. The van der Waals surface area contributed by atoms with Gasteiger partial charge in [-0.1, -0.05) is 53.5 Å². The van der Waals surface area contributed by atoms with E-state index < -0.39 is 17.9 Å². The van der Waals surface area contributed by atoms with E-state index in [4.69, 9.17) is 44.9 Å². The summed E-state index contributed by atoms with van der Waals surface area (Å²) in [6, 6.07) is 16.1. The van der Waals surface area contributed by atoms with Crippen LogP contribution in [-0.2, 0) is 9.59 Å². The zero-order valence-corrected chi connectivity index (χ0v) is 21.1. The highest BCUT2D eigenvalue weighted by atomic mass is 79.9. The number of hydrazine groups is 1. The predicted molar refractivity (Wildman–Crippen MR) is 136 cm³/mol. The van der Waals surface area contributed by atoms with Crippen molar-refractivity contribution in [2.24, 2.45) is 0 Å². The van der Waals surface area contributed by atoms with Crippen LogP contribution in [-0.4, -0.2) is 29.6 Å². The van der Waals surface area contributed by atoms with Crippen molar-refractivity contribution in [2.75, 3.05) is 6.61 Å². The fourth-order valence-electron chi connectivity index (χ4n) is 2.69. The van der Waals surface area contributed by atoms with Crippen molar-refractivity contribution in [1.29, 1.82) is 0 Å². The Labute approximate surface area is 213 Å². The smallest absolute Gasteiger partial charge is 0.276 e. The van der Waals surface area contributed by atoms with E-state index in [1.54, 1.807) is 18.2 Å². The van der Waals surface area contributed by atoms with Gasteiger partial charge in [-0.25, -0.2) is 0 Å². The molecule has 3 rings (SSSR count). The first-order chi connectivity index (χ1) is 15.7. The molecule has 0 aliphatic carbocycles. The number of rotatable bonds is 6. The van der Waals surface area contributed by atoms with E-state index in [1.165, 1.54) is 13.0 Å². The van der Waals surface area contributed by atoms with E-state index in [2.05, 4.69) is 32.1 Å². The molecule has 0 bridgehead atoms. The Balaban J connectivity index is 1.44. The molecular formula is C22H18BrCl2N3O4S. The van der Waals surface area contributed by atoms with Gasteiger partial charge in [0.1, 0.15) is 11.5 Å². The molecule has 0 heterocycles. The Kier molecular flexibility index (Phi) is 8.74. The number of carbonyl (C=O) groups excluding carboxylic acids is 2. The molecule has 3 aromatic carbocycles. The number of amides is 2. The maximum atomic E-state index is 12.3. The summed E-state index contributed by atoms with van der Waals surface area (Å²) in [7, 11) is 0. The Morgan fingerprint density at radius 1 is 1.06 bits per heavy atom. The number of thiocarbonyl (C=S) groups is 1. The summed E-state index contributed by atoms with van der Waals surface area (Å²) >= 11 is 20.4. The molecule has 172 valence electrons. The Morgan fingerprint density at radius 3 is 2.55 bits per heavy atom. The summed E-state index contributed by atoms with van der Waals surface area (Å²) in [4.78, 5) is 24.3. The van der Waals surface area contributed by atoms with Gasteiger partial charge >= 0.3 is 0 Å². The van der Waals surface area contributed by atoms with E-state index in [0.717, 1.165) is 15.2 Å². The highest BCUT2D eigenvalue weighted by molar-refractivity contribution is 9.10. The Bertz CT molecular complexity index is 1210. The maximum Gasteiger partial charge on any atom is 0.276 e. The van der Waals surface area contributed by atoms with Gasteiger partial charge in [0.15, 0.2) is 17.8 Å². The lowest BCUT2D eigenvalue weighted by molar-refractivity contribution is -0.126.